The number of rotatable bonds is 4. The average molecular weight is 368 g/mol. The molecule has 4 fully saturated rings. The molecule has 4 nitrogen and oxygen atoms in total. The summed E-state index contributed by atoms with van der Waals surface area (Å²) in [4.78, 5) is 12.3. The molecular weight excluding hydrogens is 345 g/mol. The van der Waals surface area contributed by atoms with Crippen molar-refractivity contribution in [1.29, 1.82) is 0 Å². The third-order valence-corrected chi connectivity index (χ3v) is 6.16. The molecule has 0 saturated heterocycles. The number of alkyl halides is 3. The molecule has 1 aromatic rings. The van der Waals surface area contributed by atoms with Crippen LogP contribution in [0.3, 0.4) is 0 Å². The Morgan fingerprint density at radius 3 is 2.42 bits per heavy atom. The summed E-state index contributed by atoms with van der Waals surface area (Å²) in [5.41, 5.74) is -1.98. The largest absolute Gasteiger partial charge is 0.418 e. The SMILES string of the molecule is O=C(CNC12CC3CC(CC(O)(C3)C1)C2)Nc1ccccc1C(F)(F)F. The van der Waals surface area contributed by atoms with E-state index in [9.17, 15) is 23.1 Å². The van der Waals surface area contributed by atoms with Crippen molar-refractivity contribution in [3.63, 3.8) is 0 Å². The summed E-state index contributed by atoms with van der Waals surface area (Å²) >= 11 is 0. The van der Waals surface area contributed by atoms with Crippen molar-refractivity contribution < 1.29 is 23.1 Å². The summed E-state index contributed by atoms with van der Waals surface area (Å²) in [5, 5.41) is 16.4. The van der Waals surface area contributed by atoms with E-state index in [-0.39, 0.29) is 17.8 Å². The first-order chi connectivity index (χ1) is 12.2. The fourth-order valence-corrected chi connectivity index (χ4v) is 5.72. The highest BCUT2D eigenvalue weighted by Gasteiger charge is 2.57. The van der Waals surface area contributed by atoms with Crippen molar-refractivity contribution in [3.8, 4) is 0 Å². The van der Waals surface area contributed by atoms with Crippen molar-refractivity contribution in [2.45, 2.75) is 55.8 Å². The lowest BCUT2D eigenvalue weighted by Gasteiger charge is -2.60. The van der Waals surface area contributed by atoms with E-state index in [1.54, 1.807) is 0 Å². The standard InChI is InChI=1S/C19H23F3N2O2/c20-19(21,22)14-3-1-2-4-15(14)24-16(25)10-23-17-6-12-5-13(7-17)9-18(26,8-12)11-17/h1-4,12-13,23,26H,5-11H2,(H,24,25). The van der Waals surface area contributed by atoms with E-state index in [2.05, 4.69) is 10.6 Å². The van der Waals surface area contributed by atoms with Gasteiger partial charge in [0.1, 0.15) is 0 Å². The van der Waals surface area contributed by atoms with Crippen molar-refractivity contribution >= 4 is 11.6 Å². The second kappa shape index (κ2) is 5.96. The minimum Gasteiger partial charge on any atom is -0.390 e. The Hall–Kier alpha value is -1.60. The van der Waals surface area contributed by atoms with Crippen LogP contribution in [0.5, 0.6) is 0 Å². The quantitative estimate of drug-likeness (QED) is 0.764. The molecular formula is C19H23F3N2O2. The molecule has 1 aromatic carbocycles. The molecule has 3 N–H and O–H groups in total. The Labute approximate surface area is 150 Å². The van der Waals surface area contributed by atoms with Crippen LogP contribution in [0.1, 0.15) is 44.1 Å². The number of para-hydroxylation sites is 1. The highest BCUT2D eigenvalue weighted by Crippen LogP contribution is 2.57. The molecule has 0 aliphatic heterocycles. The molecule has 4 aliphatic rings. The Morgan fingerprint density at radius 2 is 1.81 bits per heavy atom. The van der Waals surface area contributed by atoms with Gasteiger partial charge in [-0.1, -0.05) is 12.1 Å². The van der Waals surface area contributed by atoms with Gasteiger partial charge in [0.15, 0.2) is 0 Å². The van der Waals surface area contributed by atoms with E-state index in [4.69, 9.17) is 0 Å². The average Bonchev–Trinajstić information content (AvgIpc) is 2.50. The predicted molar refractivity (Wildman–Crippen MR) is 90.4 cm³/mol. The predicted octanol–water partition coefficient (Wildman–Crippen LogP) is 3.32. The fraction of sp³-hybridized carbons (Fsp3) is 0.632. The summed E-state index contributed by atoms with van der Waals surface area (Å²) in [6, 6.07) is 4.98. The summed E-state index contributed by atoms with van der Waals surface area (Å²) in [6.45, 7) is -0.0539. The highest BCUT2D eigenvalue weighted by molar-refractivity contribution is 5.93. The zero-order valence-electron chi connectivity index (χ0n) is 14.4. The maximum Gasteiger partial charge on any atom is 0.418 e. The lowest BCUT2D eigenvalue weighted by molar-refractivity contribution is -0.144. The summed E-state index contributed by atoms with van der Waals surface area (Å²) in [5.74, 6) is 0.454. The van der Waals surface area contributed by atoms with Crippen LogP contribution in [0.15, 0.2) is 24.3 Å². The maximum atomic E-state index is 13.0. The van der Waals surface area contributed by atoms with Gasteiger partial charge in [0.2, 0.25) is 5.91 Å². The van der Waals surface area contributed by atoms with Gasteiger partial charge in [0.05, 0.1) is 23.4 Å². The van der Waals surface area contributed by atoms with Gasteiger partial charge in [0.25, 0.3) is 0 Å². The highest BCUT2D eigenvalue weighted by atomic mass is 19.4. The van der Waals surface area contributed by atoms with E-state index in [0.29, 0.717) is 18.3 Å². The second-order valence-electron chi connectivity index (χ2n) is 8.41. The van der Waals surface area contributed by atoms with E-state index in [1.807, 2.05) is 0 Å². The van der Waals surface area contributed by atoms with Crippen molar-refractivity contribution in [3.05, 3.63) is 29.8 Å². The lowest BCUT2D eigenvalue weighted by Crippen LogP contribution is -2.65. The molecule has 4 aliphatic carbocycles. The first-order valence-corrected chi connectivity index (χ1v) is 9.10. The minimum atomic E-state index is -4.51. The molecule has 2 atom stereocenters. The second-order valence-corrected chi connectivity index (χ2v) is 8.41. The van der Waals surface area contributed by atoms with Gasteiger partial charge in [0, 0.05) is 5.54 Å². The van der Waals surface area contributed by atoms with Gasteiger partial charge in [-0.15, -0.1) is 0 Å². The number of nitrogens with one attached hydrogen (secondary N) is 2. The third kappa shape index (κ3) is 3.34. The number of hydrogen-bond donors (Lipinski definition) is 3. The lowest BCUT2D eigenvalue weighted by atomic mass is 9.51. The van der Waals surface area contributed by atoms with Crippen molar-refractivity contribution in [1.82, 2.24) is 5.32 Å². The normalized spacial score (nSPS) is 35.5. The van der Waals surface area contributed by atoms with Gasteiger partial charge in [-0.2, -0.15) is 13.2 Å². The molecule has 1 amide bonds. The number of benzene rings is 1. The molecule has 26 heavy (non-hydrogen) atoms. The van der Waals surface area contributed by atoms with Crippen LogP contribution < -0.4 is 10.6 Å². The van der Waals surface area contributed by atoms with Crippen LogP contribution in [0.25, 0.3) is 0 Å². The third-order valence-electron chi connectivity index (χ3n) is 6.16. The minimum absolute atomic E-state index is 0.0539. The van der Waals surface area contributed by atoms with Gasteiger partial charge in [-0.05, 0) is 62.5 Å². The number of halogens is 3. The molecule has 4 saturated carbocycles. The summed E-state index contributed by atoms with van der Waals surface area (Å²) in [6.07, 6.45) is 0.767. The molecule has 5 rings (SSSR count). The zero-order chi connectivity index (χ0) is 18.6. The van der Waals surface area contributed by atoms with Crippen LogP contribution >= 0.6 is 0 Å². The van der Waals surface area contributed by atoms with Crippen LogP contribution in [0, 0.1) is 11.8 Å². The number of anilines is 1. The van der Waals surface area contributed by atoms with Gasteiger partial charge in [-0.3, -0.25) is 4.79 Å². The molecule has 0 spiro atoms. The number of aliphatic hydroxyl groups is 1. The molecule has 0 radical (unpaired) electrons. The topological polar surface area (TPSA) is 61.4 Å². The number of hydrogen-bond acceptors (Lipinski definition) is 3. The Kier molecular flexibility index (Phi) is 4.08. The van der Waals surface area contributed by atoms with Gasteiger partial charge in [-0.25, -0.2) is 0 Å². The Morgan fingerprint density at radius 1 is 1.15 bits per heavy atom. The molecule has 0 aromatic heterocycles. The monoisotopic (exact) mass is 368 g/mol. The van der Waals surface area contributed by atoms with E-state index in [1.165, 1.54) is 18.2 Å². The number of carbonyl (C=O) groups excluding carboxylic acids is 1. The molecule has 142 valence electrons. The molecule has 7 heteroatoms. The van der Waals surface area contributed by atoms with E-state index < -0.39 is 23.2 Å². The van der Waals surface area contributed by atoms with Crippen LogP contribution in [0.2, 0.25) is 0 Å². The van der Waals surface area contributed by atoms with Crippen LogP contribution in [-0.2, 0) is 11.0 Å². The smallest absolute Gasteiger partial charge is 0.390 e. The summed E-state index contributed by atoms with van der Waals surface area (Å²) < 4.78 is 39.1. The number of carbonyl (C=O) groups is 1. The fourth-order valence-electron chi connectivity index (χ4n) is 5.72. The van der Waals surface area contributed by atoms with Crippen molar-refractivity contribution in [2.75, 3.05) is 11.9 Å². The van der Waals surface area contributed by atoms with Gasteiger partial charge >= 0.3 is 6.18 Å². The molecule has 0 heterocycles. The van der Waals surface area contributed by atoms with E-state index in [0.717, 1.165) is 38.2 Å². The molecule has 2 unspecified atom stereocenters. The van der Waals surface area contributed by atoms with Crippen molar-refractivity contribution in [2.24, 2.45) is 11.8 Å². The first kappa shape index (κ1) is 17.8. The maximum absolute atomic E-state index is 13.0. The van der Waals surface area contributed by atoms with Crippen LogP contribution in [-0.4, -0.2) is 28.7 Å². The first-order valence-electron chi connectivity index (χ1n) is 9.10. The van der Waals surface area contributed by atoms with Gasteiger partial charge < -0.3 is 15.7 Å². The Balaban J connectivity index is 1.41. The number of amides is 1. The van der Waals surface area contributed by atoms with E-state index >= 15 is 0 Å². The van der Waals surface area contributed by atoms with Crippen LogP contribution in [0.4, 0.5) is 18.9 Å². The summed E-state index contributed by atoms with van der Waals surface area (Å²) in [7, 11) is 0. The zero-order valence-corrected chi connectivity index (χ0v) is 14.4. The Bertz CT molecular complexity index is 705. The molecule has 4 bridgehead atoms.